The normalized spacial score (nSPS) is 10.9. The van der Waals surface area contributed by atoms with Gasteiger partial charge in [0, 0.05) is 25.2 Å². The molecule has 8 heteroatoms. The first-order valence-corrected chi connectivity index (χ1v) is 10.5. The lowest BCUT2D eigenvalue weighted by atomic mass is 10.1. The standard InChI is InChI=1S/C20H25N3O.C4H4O4/c1-2-13-23(14-11-16-7-4-3-5-8-16)15-12-17-9-6-10-18-19(17)22-20(24)21-18;5-3(6)1-2-4(7)8/h3-10H,2,11-15H2,1H3,(H2,21,22,24);1-2H,(H,5,6)(H,7,8)/b;2-1+. The summed E-state index contributed by atoms with van der Waals surface area (Å²) in [6, 6.07) is 16.7. The molecule has 0 unspecified atom stereocenters. The monoisotopic (exact) mass is 439 g/mol. The molecule has 1 heterocycles. The Morgan fingerprint density at radius 3 is 2.16 bits per heavy atom. The summed E-state index contributed by atoms with van der Waals surface area (Å²) in [5.41, 5.74) is 4.29. The number of aromatic nitrogens is 2. The Morgan fingerprint density at radius 1 is 0.875 bits per heavy atom. The number of aliphatic carboxylic acids is 2. The zero-order valence-corrected chi connectivity index (χ0v) is 18.1. The number of para-hydroxylation sites is 1. The number of H-pyrrole nitrogens is 2. The van der Waals surface area contributed by atoms with E-state index in [1.54, 1.807) is 0 Å². The van der Waals surface area contributed by atoms with Gasteiger partial charge in [0.05, 0.1) is 11.0 Å². The Bertz CT molecular complexity index is 1070. The van der Waals surface area contributed by atoms with Crippen molar-refractivity contribution in [3.63, 3.8) is 0 Å². The molecule has 8 nitrogen and oxygen atoms in total. The van der Waals surface area contributed by atoms with Gasteiger partial charge in [-0.1, -0.05) is 49.4 Å². The molecule has 3 rings (SSSR count). The number of nitrogens with zero attached hydrogens (tertiary/aromatic N) is 1. The van der Waals surface area contributed by atoms with Crippen molar-refractivity contribution >= 4 is 23.0 Å². The molecule has 0 atom stereocenters. The van der Waals surface area contributed by atoms with E-state index in [9.17, 15) is 14.4 Å². The van der Waals surface area contributed by atoms with Crippen molar-refractivity contribution in [2.45, 2.75) is 26.2 Å². The third kappa shape index (κ3) is 8.61. The van der Waals surface area contributed by atoms with Crippen LogP contribution in [-0.2, 0) is 22.4 Å². The molecular formula is C24H29N3O5. The van der Waals surface area contributed by atoms with Gasteiger partial charge in [0.25, 0.3) is 0 Å². The average Bonchev–Trinajstić information content (AvgIpc) is 3.16. The average molecular weight is 440 g/mol. The molecule has 0 fully saturated rings. The fraction of sp³-hybridized carbons (Fsp3) is 0.292. The van der Waals surface area contributed by atoms with Gasteiger partial charge in [-0.15, -0.1) is 0 Å². The van der Waals surface area contributed by atoms with E-state index in [0.29, 0.717) is 12.2 Å². The summed E-state index contributed by atoms with van der Waals surface area (Å²) in [5, 5.41) is 15.6. The molecule has 4 N–H and O–H groups in total. The number of hydrogen-bond donors (Lipinski definition) is 4. The van der Waals surface area contributed by atoms with Crippen LogP contribution in [-0.4, -0.2) is 56.7 Å². The molecule has 1 aromatic heterocycles. The van der Waals surface area contributed by atoms with Crippen molar-refractivity contribution in [2.75, 3.05) is 19.6 Å². The first kappa shape index (κ1) is 24.6. The van der Waals surface area contributed by atoms with Gasteiger partial charge in [-0.3, -0.25) is 0 Å². The van der Waals surface area contributed by atoms with Crippen LogP contribution < -0.4 is 5.69 Å². The number of imidazole rings is 1. The van der Waals surface area contributed by atoms with Crippen molar-refractivity contribution in [1.82, 2.24) is 14.9 Å². The number of hydrogen-bond acceptors (Lipinski definition) is 4. The number of carboxylic acids is 2. The van der Waals surface area contributed by atoms with Gasteiger partial charge in [-0.25, -0.2) is 14.4 Å². The molecule has 0 bridgehead atoms. The fourth-order valence-electron chi connectivity index (χ4n) is 3.33. The molecule has 2 aromatic carbocycles. The van der Waals surface area contributed by atoms with Gasteiger partial charge in [-0.05, 0) is 43.0 Å². The van der Waals surface area contributed by atoms with E-state index in [2.05, 4.69) is 58.2 Å². The van der Waals surface area contributed by atoms with Crippen LogP contribution in [0.15, 0.2) is 65.5 Å². The SMILES string of the molecule is CCCN(CCc1ccccc1)CCc1cccc2[nH]c(=O)[nH]c12.O=C(O)/C=C/C(=O)O. The molecule has 0 aliphatic carbocycles. The minimum atomic E-state index is -1.26. The van der Waals surface area contributed by atoms with Crippen molar-refractivity contribution in [1.29, 1.82) is 0 Å². The molecule has 32 heavy (non-hydrogen) atoms. The molecule has 0 aliphatic heterocycles. The highest BCUT2D eigenvalue weighted by molar-refractivity contribution is 5.89. The van der Waals surface area contributed by atoms with E-state index in [0.717, 1.165) is 49.9 Å². The second-order valence-corrected chi connectivity index (χ2v) is 7.26. The molecular weight excluding hydrogens is 410 g/mol. The molecule has 170 valence electrons. The van der Waals surface area contributed by atoms with Crippen LogP contribution in [0.3, 0.4) is 0 Å². The van der Waals surface area contributed by atoms with Gasteiger partial charge in [0.15, 0.2) is 0 Å². The van der Waals surface area contributed by atoms with E-state index in [4.69, 9.17) is 10.2 Å². The van der Waals surface area contributed by atoms with Crippen LogP contribution in [0.1, 0.15) is 24.5 Å². The van der Waals surface area contributed by atoms with E-state index < -0.39 is 11.9 Å². The zero-order valence-electron chi connectivity index (χ0n) is 18.1. The lowest BCUT2D eigenvalue weighted by Gasteiger charge is -2.22. The number of nitrogens with one attached hydrogen (secondary N) is 2. The lowest BCUT2D eigenvalue weighted by Crippen LogP contribution is -2.29. The van der Waals surface area contributed by atoms with Gasteiger partial charge < -0.3 is 25.1 Å². The predicted octanol–water partition coefficient (Wildman–Crippen LogP) is 3.07. The first-order chi connectivity index (χ1) is 15.4. The van der Waals surface area contributed by atoms with E-state index in [1.165, 1.54) is 11.1 Å². The Balaban J connectivity index is 0.000000390. The second kappa shape index (κ2) is 12.9. The molecule has 0 amide bonds. The summed E-state index contributed by atoms with van der Waals surface area (Å²) in [4.78, 5) is 38.9. The number of aromatic amines is 2. The number of rotatable bonds is 10. The summed E-state index contributed by atoms with van der Waals surface area (Å²) in [5.74, 6) is -2.51. The summed E-state index contributed by atoms with van der Waals surface area (Å²) in [7, 11) is 0. The predicted molar refractivity (Wildman–Crippen MR) is 124 cm³/mol. The Morgan fingerprint density at radius 2 is 1.53 bits per heavy atom. The topological polar surface area (TPSA) is 126 Å². The minimum absolute atomic E-state index is 0.132. The number of carboxylic acid groups (broad SMARTS) is 2. The highest BCUT2D eigenvalue weighted by Gasteiger charge is 2.08. The molecule has 0 saturated heterocycles. The first-order valence-electron chi connectivity index (χ1n) is 10.5. The Labute approximate surface area is 186 Å². The number of carbonyl (C=O) groups is 2. The van der Waals surface area contributed by atoms with Crippen molar-refractivity contribution in [3.8, 4) is 0 Å². The van der Waals surface area contributed by atoms with Gasteiger partial charge in [0.1, 0.15) is 0 Å². The maximum atomic E-state index is 11.5. The lowest BCUT2D eigenvalue weighted by molar-refractivity contribution is -0.134. The Hall–Kier alpha value is -3.65. The largest absolute Gasteiger partial charge is 0.478 e. The van der Waals surface area contributed by atoms with Crippen molar-refractivity contribution in [2.24, 2.45) is 0 Å². The molecule has 0 spiro atoms. The van der Waals surface area contributed by atoms with Crippen LogP contribution in [0, 0.1) is 0 Å². The van der Waals surface area contributed by atoms with E-state index in [-0.39, 0.29) is 5.69 Å². The highest BCUT2D eigenvalue weighted by Crippen LogP contribution is 2.14. The molecule has 3 aromatic rings. The summed E-state index contributed by atoms with van der Waals surface area (Å²) in [6.07, 6.45) is 4.29. The minimum Gasteiger partial charge on any atom is -0.478 e. The van der Waals surface area contributed by atoms with Crippen LogP contribution in [0.2, 0.25) is 0 Å². The third-order valence-electron chi connectivity index (χ3n) is 4.80. The molecule has 0 aliphatic rings. The van der Waals surface area contributed by atoms with Crippen molar-refractivity contribution in [3.05, 3.63) is 82.3 Å². The van der Waals surface area contributed by atoms with E-state index in [1.807, 2.05) is 12.1 Å². The number of benzene rings is 2. The maximum Gasteiger partial charge on any atom is 0.328 e. The van der Waals surface area contributed by atoms with E-state index >= 15 is 0 Å². The van der Waals surface area contributed by atoms with Crippen molar-refractivity contribution < 1.29 is 19.8 Å². The zero-order chi connectivity index (χ0) is 23.3. The van der Waals surface area contributed by atoms with Gasteiger partial charge in [0.2, 0.25) is 0 Å². The second-order valence-electron chi connectivity index (χ2n) is 7.26. The highest BCUT2D eigenvalue weighted by atomic mass is 16.4. The van der Waals surface area contributed by atoms with Gasteiger partial charge >= 0.3 is 17.6 Å². The third-order valence-corrected chi connectivity index (χ3v) is 4.80. The Kier molecular flexibility index (Phi) is 9.93. The fourth-order valence-corrected chi connectivity index (χ4v) is 3.33. The number of fused-ring (bicyclic) bond motifs is 1. The summed E-state index contributed by atoms with van der Waals surface area (Å²) < 4.78 is 0. The molecule has 0 radical (unpaired) electrons. The van der Waals surface area contributed by atoms with Crippen LogP contribution in [0.25, 0.3) is 11.0 Å². The quantitative estimate of drug-likeness (QED) is 0.360. The van der Waals surface area contributed by atoms with Crippen LogP contribution in [0.4, 0.5) is 0 Å². The summed E-state index contributed by atoms with van der Waals surface area (Å²) in [6.45, 7) is 5.40. The van der Waals surface area contributed by atoms with Crippen LogP contribution >= 0.6 is 0 Å². The van der Waals surface area contributed by atoms with Gasteiger partial charge in [-0.2, -0.15) is 0 Å². The summed E-state index contributed by atoms with van der Waals surface area (Å²) >= 11 is 0. The smallest absolute Gasteiger partial charge is 0.328 e. The molecule has 0 saturated carbocycles. The maximum absolute atomic E-state index is 11.5. The van der Waals surface area contributed by atoms with Crippen LogP contribution in [0.5, 0.6) is 0 Å².